The van der Waals surface area contributed by atoms with Gasteiger partial charge in [-0.1, -0.05) is 5.16 Å². The molecule has 128 valence electrons. The van der Waals surface area contributed by atoms with Crippen molar-refractivity contribution in [1.82, 2.24) is 15.0 Å². The third-order valence-corrected chi connectivity index (χ3v) is 3.29. The fraction of sp³-hybridized carbons (Fsp3) is 0.667. The highest BCUT2D eigenvalue weighted by Gasteiger charge is 2.26. The number of hydrogen-bond acceptors (Lipinski definition) is 6. The van der Waals surface area contributed by atoms with Gasteiger partial charge in [-0.05, 0) is 27.7 Å². The number of aromatic nitrogens is 1. The van der Waals surface area contributed by atoms with Crippen LogP contribution in [0.15, 0.2) is 10.6 Å². The van der Waals surface area contributed by atoms with E-state index in [1.165, 1.54) is 0 Å². The molecule has 1 saturated heterocycles. The predicted octanol–water partition coefficient (Wildman–Crippen LogP) is 1.47. The van der Waals surface area contributed by atoms with Crippen molar-refractivity contribution < 1.29 is 18.8 Å². The molecule has 2 rings (SSSR count). The van der Waals surface area contributed by atoms with E-state index in [0.29, 0.717) is 37.8 Å². The first-order valence-electron chi connectivity index (χ1n) is 7.66. The Labute approximate surface area is 135 Å². The maximum atomic E-state index is 12.0. The summed E-state index contributed by atoms with van der Waals surface area (Å²) in [5.74, 6) is 0.912. The lowest BCUT2D eigenvalue weighted by molar-refractivity contribution is -0.117. The van der Waals surface area contributed by atoms with Crippen LogP contribution in [0.4, 0.5) is 10.6 Å². The lowest BCUT2D eigenvalue weighted by Crippen LogP contribution is -2.51. The minimum absolute atomic E-state index is 0.149. The molecule has 8 heteroatoms. The summed E-state index contributed by atoms with van der Waals surface area (Å²) >= 11 is 0. The average Bonchev–Trinajstić information content (AvgIpc) is 2.82. The van der Waals surface area contributed by atoms with Gasteiger partial charge in [-0.2, -0.15) is 0 Å². The normalized spacial score (nSPS) is 16.3. The Morgan fingerprint density at radius 3 is 2.48 bits per heavy atom. The van der Waals surface area contributed by atoms with Crippen molar-refractivity contribution >= 4 is 17.8 Å². The topological polar surface area (TPSA) is 87.9 Å². The molecule has 8 nitrogen and oxygen atoms in total. The molecule has 0 spiro atoms. The van der Waals surface area contributed by atoms with Crippen LogP contribution < -0.4 is 5.32 Å². The third-order valence-electron chi connectivity index (χ3n) is 3.29. The second-order valence-electron chi connectivity index (χ2n) is 6.61. The van der Waals surface area contributed by atoms with Crippen molar-refractivity contribution in [3.63, 3.8) is 0 Å². The minimum Gasteiger partial charge on any atom is -0.444 e. The highest BCUT2D eigenvalue weighted by atomic mass is 16.6. The molecule has 0 unspecified atom stereocenters. The van der Waals surface area contributed by atoms with Crippen LogP contribution in [0.2, 0.25) is 0 Å². The van der Waals surface area contributed by atoms with Gasteiger partial charge in [0.15, 0.2) is 5.82 Å². The number of carbonyl (C=O) groups is 2. The largest absolute Gasteiger partial charge is 0.444 e. The molecule has 0 aliphatic carbocycles. The number of rotatable bonds is 3. The summed E-state index contributed by atoms with van der Waals surface area (Å²) in [6.45, 7) is 9.91. The second-order valence-corrected chi connectivity index (χ2v) is 6.61. The number of piperazine rings is 1. The van der Waals surface area contributed by atoms with Gasteiger partial charge in [0.05, 0.1) is 6.54 Å². The maximum Gasteiger partial charge on any atom is 0.410 e. The van der Waals surface area contributed by atoms with Gasteiger partial charge in [0.2, 0.25) is 5.91 Å². The molecule has 0 aromatic carbocycles. The Morgan fingerprint density at radius 2 is 1.96 bits per heavy atom. The molecule has 2 amide bonds. The van der Waals surface area contributed by atoms with Gasteiger partial charge in [-0.15, -0.1) is 0 Å². The molecular formula is C15H24N4O4. The Bertz CT molecular complexity index is 556. The predicted molar refractivity (Wildman–Crippen MR) is 84.1 cm³/mol. The lowest BCUT2D eigenvalue weighted by atomic mass is 10.2. The Hall–Kier alpha value is -2.09. The van der Waals surface area contributed by atoms with E-state index in [9.17, 15) is 9.59 Å². The molecule has 0 bridgehead atoms. The Morgan fingerprint density at radius 1 is 1.30 bits per heavy atom. The maximum absolute atomic E-state index is 12.0. The number of hydrogen-bond donors (Lipinski definition) is 1. The van der Waals surface area contributed by atoms with Crippen LogP contribution in [-0.4, -0.2) is 65.3 Å². The first-order valence-corrected chi connectivity index (χ1v) is 7.66. The first-order chi connectivity index (χ1) is 10.7. The van der Waals surface area contributed by atoms with Gasteiger partial charge in [0.25, 0.3) is 0 Å². The quantitative estimate of drug-likeness (QED) is 0.906. The summed E-state index contributed by atoms with van der Waals surface area (Å²) in [5.41, 5.74) is -0.496. The van der Waals surface area contributed by atoms with E-state index in [1.807, 2.05) is 25.7 Å². The van der Waals surface area contributed by atoms with Crippen molar-refractivity contribution in [2.75, 3.05) is 38.0 Å². The van der Waals surface area contributed by atoms with Crippen LogP contribution >= 0.6 is 0 Å². The summed E-state index contributed by atoms with van der Waals surface area (Å²) in [6, 6.07) is 1.67. The molecule has 0 atom stereocenters. The molecule has 1 aromatic rings. The van der Waals surface area contributed by atoms with Gasteiger partial charge < -0.3 is 19.5 Å². The van der Waals surface area contributed by atoms with E-state index in [2.05, 4.69) is 10.5 Å². The van der Waals surface area contributed by atoms with Crippen molar-refractivity contribution in [2.24, 2.45) is 0 Å². The zero-order valence-corrected chi connectivity index (χ0v) is 14.1. The first kappa shape index (κ1) is 17.3. The number of nitrogens with one attached hydrogen (secondary N) is 1. The molecule has 1 N–H and O–H groups in total. The lowest BCUT2D eigenvalue weighted by Gasteiger charge is -2.35. The van der Waals surface area contributed by atoms with Gasteiger partial charge in [0, 0.05) is 32.2 Å². The fourth-order valence-electron chi connectivity index (χ4n) is 2.23. The molecule has 23 heavy (non-hydrogen) atoms. The fourth-order valence-corrected chi connectivity index (χ4v) is 2.23. The monoisotopic (exact) mass is 324 g/mol. The van der Waals surface area contributed by atoms with Crippen molar-refractivity contribution in [2.45, 2.75) is 33.3 Å². The van der Waals surface area contributed by atoms with Gasteiger partial charge >= 0.3 is 6.09 Å². The van der Waals surface area contributed by atoms with Crippen LogP contribution in [-0.2, 0) is 9.53 Å². The number of aryl methyl sites for hydroxylation is 1. The molecule has 1 aliphatic rings. The van der Waals surface area contributed by atoms with Crippen molar-refractivity contribution in [1.29, 1.82) is 0 Å². The number of carbonyl (C=O) groups excluding carboxylic acids is 2. The van der Waals surface area contributed by atoms with Gasteiger partial charge in [-0.25, -0.2) is 4.79 Å². The SMILES string of the molecule is Cc1cc(NC(=O)CN2CCN(C(=O)OC(C)(C)C)CC2)no1. The van der Waals surface area contributed by atoms with E-state index >= 15 is 0 Å². The summed E-state index contributed by atoms with van der Waals surface area (Å²) < 4.78 is 10.2. The van der Waals surface area contributed by atoms with Crippen LogP contribution in [0.25, 0.3) is 0 Å². The Balaban J connectivity index is 1.74. The van der Waals surface area contributed by atoms with E-state index < -0.39 is 5.60 Å². The number of amides is 2. The highest BCUT2D eigenvalue weighted by Crippen LogP contribution is 2.12. The van der Waals surface area contributed by atoms with Crippen LogP contribution in [0.1, 0.15) is 26.5 Å². The number of ether oxygens (including phenoxy) is 1. The second kappa shape index (κ2) is 6.99. The summed E-state index contributed by atoms with van der Waals surface area (Å²) in [7, 11) is 0. The van der Waals surface area contributed by atoms with Crippen molar-refractivity contribution in [3.05, 3.63) is 11.8 Å². The zero-order valence-electron chi connectivity index (χ0n) is 14.1. The average molecular weight is 324 g/mol. The summed E-state index contributed by atoms with van der Waals surface area (Å²) in [6.07, 6.45) is -0.306. The third kappa shape index (κ3) is 5.55. The van der Waals surface area contributed by atoms with Gasteiger partial charge in [0.1, 0.15) is 11.4 Å². The molecule has 1 fully saturated rings. The minimum atomic E-state index is -0.496. The summed E-state index contributed by atoms with van der Waals surface area (Å²) in [4.78, 5) is 27.6. The standard InChI is InChI=1S/C15H24N4O4/c1-11-9-12(17-23-11)16-13(20)10-18-5-7-19(8-6-18)14(21)22-15(2,3)4/h9H,5-8,10H2,1-4H3,(H,16,17,20). The molecule has 1 aliphatic heterocycles. The Kier molecular flexibility index (Phi) is 5.25. The highest BCUT2D eigenvalue weighted by molar-refractivity contribution is 5.91. The zero-order chi connectivity index (χ0) is 17.0. The van der Waals surface area contributed by atoms with E-state index in [1.54, 1.807) is 17.9 Å². The summed E-state index contributed by atoms with van der Waals surface area (Å²) in [5, 5.41) is 6.41. The number of anilines is 1. The van der Waals surface area contributed by atoms with Crippen molar-refractivity contribution in [3.8, 4) is 0 Å². The molecule has 1 aromatic heterocycles. The smallest absolute Gasteiger partial charge is 0.410 e. The van der Waals surface area contributed by atoms with E-state index in [4.69, 9.17) is 9.26 Å². The van der Waals surface area contributed by atoms with E-state index in [0.717, 1.165) is 0 Å². The van der Waals surface area contributed by atoms with Crippen LogP contribution in [0.5, 0.6) is 0 Å². The molecule has 0 saturated carbocycles. The molecule has 0 radical (unpaired) electrons. The van der Waals surface area contributed by atoms with Gasteiger partial charge in [-0.3, -0.25) is 9.69 Å². The number of nitrogens with zero attached hydrogens (tertiary/aromatic N) is 3. The molecular weight excluding hydrogens is 300 g/mol. The van der Waals surface area contributed by atoms with E-state index in [-0.39, 0.29) is 18.5 Å². The molecule has 2 heterocycles. The van der Waals surface area contributed by atoms with Crippen LogP contribution in [0, 0.1) is 6.92 Å². The van der Waals surface area contributed by atoms with Crippen LogP contribution in [0.3, 0.4) is 0 Å².